The van der Waals surface area contributed by atoms with Gasteiger partial charge in [0.1, 0.15) is 0 Å². The van der Waals surface area contributed by atoms with E-state index < -0.39 is 18.0 Å². The summed E-state index contributed by atoms with van der Waals surface area (Å²) < 4.78 is 10.1. The number of nitrogens with zero attached hydrogens (tertiary/aromatic N) is 1. The molecule has 0 spiro atoms. The third kappa shape index (κ3) is 4.82. The minimum atomic E-state index is -0.911. The Labute approximate surface area is 153 Å². The number of hydrogen-bond acceptors (Lipinski definition) is 5. The zero-order valence-electron chi connectivity index (χ0n) is 15.5. The number of carbonyl (C=O) groups excluding carboxylic acids is 3. The molecule has 0 saturated carbocycles. The Hall–Kier alpha value is -2.41. The molecule has 1 N–H and O–H groups in total. The molecule has 142 valence electrons. The van der Waals surface area contributed by atoms with Crippen LogP contribution in [0.15, 0.2) is 24.3 Å². The maximum atomic E-state index is 12.4. The van der Waals surface area contributed by atoms with Crippen LogP contribution < -0.4 is 10.2 Å². The molecule has 1 aromatic carbocycles. The lowest BCUT2D eigenvalue weighted by Gasteiger charge is -2.20. The van der Waals surface area contributed by atoms with E-state index in [0.717, 1.165) is 17.7 Å². The second-order valence-corrected chi connectivity index (χ2v) is 6.25. The standard InChI is InChI=1S/C19H26N2O5/c1-4-14-7-5-6-8-16(14)21-12-15(11-17(21)22)19(24)26-13(2)18(23)20-9-10-25-3/h5-8,13,15H,4,9-12H2,1-3H3,(H,20,23)/t13-,15+/m1/s1. The van der Waals surface area contributed by atoms with Gasteiger partial charge in [0, 0.05) is 32.3 Å². The van der Waals surface area contributed by atoms with E-state index in [1.807, 2.05) is 31.2 Å². The summed E-state index contributed by atoms with van der Waals surface area (Å²) in [5.74, 6) is -1.58. The first-order chi connectivity index (χ1) is 12.5. The fourth-order valence-corrected chi connectivity index (χ4v) is 2.92. The summed E-state index contributed by atoms with van der Waals surface area (Å²) in [7, 11) is 1.54. The van der Waals surface area contributed by atoms with E-state index in [1.54, 1.807) is 4.90 Å². The molecule has 1 aliphatic rings. The largest absolute Gasteiger partial charge is 0.452 e. The molecule has 1 saturated heterocycles. The molecule has 0 aromatic heterocycles. The number of amides is 2. The van der Waals surface area contributed by atoms with E-state index in [9.17, 15) is 14.4 Å². The van der Waals surface area contributed by atoms with Crippen LogP contribution in [0.5, 0.6) is 0 Å². The zero-order valence-corrected chi connectivity index (χ0v) is 15.5. The fraction of sp³-hybridized carbons (Fsp3) is 0.526. The van der Waals surface area contributed by atoms with Crippen molar-refractivity contribution in [2.75, 3.05) is 31.7 Å². The van der Waals surface area contributed by atoms with Gasteiger partial charge in [0.05, 0.1) is 12.5 Å². The van der Waals surface area contributed by atoms with Crippen LogP contribution in [-0.2, 0) is 30.3 Å². The van der Waals surface area contributed by atoms with Crippen LogP contribution in [-0.4, -0.2) is 50.7 Å². The van der Waals surface area contributed by atoms with Gasteiger partial charge < -0.3 is 19.7 Å². The Kier molecular flexibility index (Phi) is 7.15. The molecular weight excluding hydrogens is 336 g/mol. The molecule has 1 aromatic rings. The number of rotatable bonds is 8. The fourth-order valence-electron chi connectivity index (χ4n) is 2.92. The van der Waals surface area contributed by atoms with Crippen molar-refractivity contribution in [1.29, 1.82) is 0 Å². The Morgan fingerprint density at radius 2 is 2.08 bits per heavy atom. The molecular formula is C19H26N2O5. The van der Waals surface area contributed by atoms with Crippen molar-refractivity contribution in [3.63, 3.8) is 0 Å². The first kappa shape index (κ1) is 19.9. The number of anilines is 1. The highest BCUT2D eigenvalue weighted by Crippen LogP contribution is 2.29. The number of ether oxygens (including phenoxy) is 2. The summed E-state index contributed by atoms with van der Waals surface area (Å²) in [6.45, 7) is 4.54. The highest BCUT2D eigenvalue weighted by Gasteiger charge is 2.37. The van der Waals surface area contributed by atoms with Crippen molar-refractivity contribution < 1.29 is 23.9 Å². The van der Waals surface area contributed by atoms with Gasteiger partial charge in [-0.25, -0.2) is 0 Å². The van der Waals surface area contributed by atoms with Crippen molar-refractivity contribution in [3.05, 3.63) is 29.8 Å². The molecule has 26 heavy (non-hydrogen) atoms. The van der Waals surface area contributed by atoms with Crippen LogP contribution in [0, 0.1) is 5.92 Å². The van der Waals surface area contributed by atoms with Gasteiger partial charge in [-0.2, -0.15) is 0 Å². The number of para-hydroxylation sites is 1. The van der Waals surface area contributed by atoms with E-state index in [1.165, 1.54) is 14.0 Å². The predicted molar refractivity (Wildman–Crippen MR) is 96.7 cm³/mol. The molecule has 2 atom stereocenters. The van der Waals surface area contributed by atoms with Crippen molar-refractivity contribution in [2.24, 2.45) is 5.92 Å². The second-order valence-electron chi connectivity index (χ2n) is 6.25. The monoisotopic (exact) mass is 362 g/mol. The zero-order chi connectivity index (χ0) is 19.1. The van der Waals surface area contributed by atoms with Gasteiger partial charge in [0.15, 0.2) is 6.10 Å². The van der Waals surface area contributed by atoms with E-state index in [4.69, 9.17) is 9.47 Å². The topological polar surface area (TPSA) is 84.9 Å². The van der Waals surface area contributed by atoms with Crippen LogP contribution in [0.1, 0.15) is 25.8 Å². The highest BCUT2D eigenvalue weighted by molar-refractivity contribution is 6.00. The van der Waals surface area contributed by atoms with E-state index in [2.05, 4.69) is 5.32 Å². The third-order valence-corrected chi connectivity index (χ3v) is 4.39. The van der Waals surface area contributed by atoms with Crippen LogP contribution in [0.2, 0.25) is 0 Å². The predicted octanol–water partition coefficient (Wildman–Crippen LogP) is 1.30. The van der Waals surface area contributed by atoms with Gasteiger partial charge in [-0.1, -0.05) is 25.1 Å². The minimum absolute atomic E-state index is 0.0922. The average Bonchev–Trinajstić information content (AvgIpc) is 3.03. The van der Waals surface area contributed by atoms with Crippen molar-refractivity contribution >= 4 is 23.5 Å². The van der Waals surface area contributed by atoms with Gasteiger partial charge >= 0.3 is 5.97 Å². The Morgan fingerprint density at radius 3 is 2.77 bits per heavy atom. The Balaban J connectivity index is 1.95. The van der Waals surface area contributed by atoms with Crippen LogP contribution in [0.4, 0.5) is 5.69 Å². The molecule has 7 heteroatoms. The van der Waals surface area contributed by atoms with Gasteiger partial charge in [0.25, 0.3) is 5.91 Å². The first-order valence-electron chi connectivity index (χ1n) is 8.83. The van der Waals surface area contributed by atoms with Crippen LogP contribution >= 0.6 is 0 Å². The molecule has 2 rings (SSSR count). The molecule has 2 amide bonds. The van der Waals surface area contributed by atoms with Crippen molar-refractivity contribution in [3.8, 4) is 0 Å². The number of benzene rings is 1. The lowest BCUT2D eigenvalue weighted by atomic mass is 10.1. The molecule has 0 unspecified atom stereocenters. The number of methoxy groups -OCH3 is 1. The second kappa shape index (κ2) is 9.33. The summed E-state index contributed by atoms with van der Waals surface area (Å²) in [5.41, 5.74) is 1.89. The summed E-state index contributed by atoms with van der Waals surface area (Å²) >= 11 is 0. The van der Waals surface area contributed by atoms with E-state index in [0.29, 0.717) is 13.2 Å². The smallest absolute Gasteiger partial charge is 0.312 e. The lowest BCUT2D eigenvalue weighted by molar-refractivity contribution is -0.158. The number of aryl methyl sites for hydroxylation is 1. The normalized spacial score (nSPS) is 17.9. The quantitative estimate of drug-likeness (QED) is 0.556. The Bertz CT molecular complexity index is 661. The molecule has 1 heterocycles. The number of hydrogen-bond donors (Lipinski definition) is 1. The highest BCUT2D eigenvalue weighted by atomic mass is 16.5. The molecule has 0 radical (unpaired) electrons. The van der Waals surface area contributed by atoms with Crippen molar-refractivity contribution in [2.45, 2.75) is 32.8 Å². The lowest BCUT2D eigenvalue weighted by Crippen LogP contribution is -2.38. The first-order valence-corrected chi connectivity index (χ1v) is 8.83. The SMILES string of the molecule is CCc1ccccc1N1C[C@@H](C(=O)O[C@H](C)C(=O)NCCOC)CC1=O. The Morgan fingerprint density at radius 1 is 1.35 bits per heavy atom. The maximum Gasteiger partial charge on any atom is 0.312 e. The molecule has 1 fully saturated rings. The van der Waals surface area contributed by atoms with Gasteiger partial charge in [-0.3, -0.25) is 14.4 Å². The van der Waals surface area contributed by atoms with E-state index in [-0.39, 0.29) is 24.8 Å². The summed E-state index contributed by atoms with van der Waals surface area (Å²) in [4.78, 5) is 38.3. The molecule has 7 nitrogen and oxygen atoms in total. The summed E-state index contributed by atoms with van der Waals surface area (Å²) in [6, 6.07) is 7.66. The van der Waals surface area contributed by atoms with Gasteiger partial charge in [0.2, 0.25) is 5.91 Å². The maximum absolute atomic E-state index is 12.4. The number of esters is 1. The molecule has 0 bridgehead atoms. The number of carbonyl (C=O) groups is 3. The van der Waals surface area contributed by atoms with Gasteiger partial charge in [-0.15, -0.1) is 0 Å². The average molecular weight is 362 g/mol. The van der Waals surface area contributed by atoms with E-state index >= 15 is 0 Å². The van der Waals surface area contributed by atoms with Crippen LogP contribution in [0.25, 0.3) is 0 Å². The summed E-state index contributed by atoms with van der Waals surface area (Å²) in [6.07, 6.45) is -0.0192. The van der Waals surface area contributed by atoms with Crippen molar-refractivity contribution in [1.82, 2.24) is 5.32 Å². The number of nitrogens with one attached hydrogen (secondary N) is 1. The molecule has 1 aliphatic heterocycles. The summed E-state index contributed by atoms with van der Waals surface area (Å²) in [5, 5.41) is 2.62. The van der Waals surface area contributed by atoms with Gasteiger partial charge in [-0.05, 0) is 25.0 Å². The molecule has 0 aliphatic carbocycles. The minimum Gasteiger partial charge on any atom is -0.452 e. The van der Waals surface area contributed by atoms with Crippen LogP contribution in [0.3, 0.4) is 0 Å². The third-order valence-electron chi connectivity index (χ3n) is 4.39.